The maximum Gasteiger partial charge on any atom is 0.185 e. The predicted molar refractivity (Wildman–Crippen MR) is 67.2 cm³/mol. The van der Waals surface area contributed by atoms with Crippen LogP contribution >= 0.6 is 0 Å². The van der Waals surface area contributed by atoms with Gasteiger partial charge in [0.15, 0.2) is 5.78 Å². The zero-order valence-electron chi connectivity index (χ0n) is 10.4. The molecule has 1 heterocycles. The Kier molecular flexibility index (Phi) is 3.31. The van der Waals surface area contributed by atoms with Crippen LogP contribution < -0.4 is 5.73 Å². The number of carbonyl (C=O) groups excluding carboxylic acids is 1. The molecule has 92 valence electrons. The molecule has 2 N–H and O–H groups in total. The van der Waals surface area contributed by atoms with E-state index in [2.05, 4.69) is 13.8 Å². The summed E-state index contributed by atoms with van der Waals surface area (Å²) in [5.74, 6) is 0.464. The smallest absolute Gasteiger partial charge is 0.185 e. The van der Waals surface area contributed by atoms with Gasteiger partial charge in [-0.3, -0.25) is 4.79 Å². The fraction of sp³-hybridized carbons (Fsp3) is 0.500. The number of nitrogens with two attached hydrogens (primary N) is 1. The summed E-state index contributed by atoms with van der Waals surface area (Å²) >= 11 is 0. The molecule has 3 heteroatoms. The first kappa shape index (κ1) is 12.3. The second kappa shape index (κ2) is 4.59. The van der Waals surface area contributed by atoms with E-state index in [4.69, 9.17) is 10.5 Å². The first-order valence-electron chi connectivity index (χ1n) is 6.04. The van der Waals surface area contributed by atoms with Gasteiger partial charge in [0.1, 0.15) is 5.54 Å². The largest absolute Gasteiger partial charge is 0.379 e. The molecule has 0 aromatic heterocycles. The zero-order valence-corrected chi connectivity index (χ0v) is 10.4. The van der Waals surface area contributed by atoms with Gasteiger partial charge in [-0.25, -0.2) is 0 Å². The molecule has 17 heavy (non-hydrogen) atoms. The van der Waals surface area contributed by atoms with Gasteiger partial charge in [-0.15, -0.1) is 0 Å². The fourth-order valence-corrected chi connectivity index (χ4v) is 2.07. The molecule has 0 radical (unpaired) electrons. The van der Waals surface area contributed by atoms with Crippen LogP contribution in [0.4, 0.5) is 0 Å². The van der Waals surface area contributed by atoms with Gasteiger partial charge in [-0.1, -0.05) is 38.1 Å². The molecule has 1 aliphatic heterocycles. The van der Waals surface area contributed by atoms with E-state index in [0.29, 0.717) is 31.1 Å². The van der Waals surface area contributed by atoms with Gasteiger partial charge >= 0.3 is 0 Å². The molecule has 0 amide bonds. The molecule has 1 fully saturated rings. The highest BCUT2D eigenvalue weighted by Gasteiger charge is 2.38. The Morgan fingerprint density at radius 1 is 1.35 bits per heavy atom. The minimum absolute atomic E-state index is 0.00898. The average Bonchev–Trinajstić information content (AvgIpc) is 2.76. The Morgan fingerprint density at radius 3 is 2.47 bits per heavy atom. The number of benzene rings is 1. The Hall–Kier alpha value is -1.19. The van der Waals surface area contributed by atoms with Crippen LogP contribution in [0.15, 0.2) is 24.3 Å². The van der Waals surface area contributed by atoms with Crippen LogP contribution in [0.1, 0.15) is 42.1 Å². The van der Waals surface area contributed by atoms with E-state index in [1.807, 2.05) is 24.3 Å². The summed E-state index contributed by atoms with van der Waals surface area (Å²) in [5, 5.41) is 0. The van der Waals surface area contributed by atoms with Gasteiger partial charge < -0.3 is 10.5 Å². The van der Waals surface area contributed by atoms with Crippen molar-refractivity contribution in [2.45, 2.75) is 31.7 Å². The van der Waals surface area contributed by atoms with Crippen molar-refractivity contribution in [3.8, 4) is 0 Å². The van der Waals surface area contributed by atoms with Crippen molar-refractivity contribution in [1.29, 1.82) is 0 Å². The Labute approximate surface area is 102 Å². The summed E-state index contributed by atoms with van der Waals surface area (Å²) < 4.78 is 5.22. The van der Waals surface area contributed by atoms with Crippen LogP contribution in [-0.2, 0) is 4.74 Å². The van der Waals surface area contributed by atoms with Crippen LogP contribution in [-0.4, -0.2) is 24.5 Å². The van der Waals surface area contributed by atoms with E-state index in [9.17, 15) is 4.79 Å². The van der Waals surface area contributed by atoms with Crippen molar-refractivity contribution in [3.63, 3.8) is 0 Å². The number of carbonyl (C=O) groups is 1. The van der Waals surface area contributed by atoms with Crippen molar-refractivity contribution in [3.05, 3.63) is 35.4 Å². The van der Waals surface area contributed by atoms with Gasteiger partial charge in [0.2, 0.25) is 0 Å². The molecule has 1 aromatic carbocycles. The predicted octanol–water partition coefficient (Wildman–Crippen LogP) is 2.11. The second-order valence-electron chi connectivity index (χ2n) is 5.06. The first-order chi connectivity index (χ1) is 8.03. The summed E-state index contributed by atoms with van der Waals surface area (Å²) in [7, 11) is 0. The third kappa shape index (κ3) is 2.40. The van der Waals surface area contributed by atoms with Gasteiger partial charge in [0.25, 0.3) is 0 Å². The maximum absolute atomic E-state index is 12.2. The van der Waals surface area contributed by atoms with E-state index in [1.165, 1.54) is 5.56 Å². The number of ketones is 1. The topological polar surface area (TPSA) is 52.3 Å². The second-order valence-corrected chi connectivity index (χ2v) is 5.06. The summed E-state index contributed by atoms with van der Waals surface area (Å²) in [6.45, 7) is 5.17. The lowest BCUT2D eigenvalue weighted by Gasteiger charge is -2.20. The van der Waals surface area contributed by atoms with Crippen LogP contribution in [0, 0.1) is 0 Å². The van der Waals surface area contributed by atoms with Crippen molar-refractivity contribution < 1.29 is 9.53 Å². The number of hydrogen-bond acceptors (Lipinski definition) is 3. The molecule has 0 spiro atoms. The Balaban J connectivity index is 2.20. The highest BCUT2D eigenvalue weighted by molar-refractivity contribution is 6.03. The first-order valence-corrected chi connectivity index (χ1v) is 6.04. The standard InChI is InChI=1S/C14H19NO2/c1-10(2)11-3-5-12(6-4-11)13(16)14(15)7-8-17-9-14/h3-6,10H,7-9,15H2,1-2H3. The minimum Gasteiger partial charge on any atom is -0.379 e. The van der Waals surface area contributed by atoms with Crippen molar-refractivity contribution in [2.24, 2.45) is 5.73 Å². The lowest BCUT2D eigenvalue weighted by Crippen LogP contribution is -2.48. The molecule has 0 saturated carbocycles. The Bertz CT molecular complexity index is 403. The lowest BCUT2D eigenvalue weighted by molar-refractivity contribution is 0.0863. The molecular formula is C14H19NO2. The van der Waals surface area contributed by atoms with Gasteiger partial charge in [-0.2, -0.15) is 0 Å². The molecule has 2 rings (SSSR count). The van der Waals surface area contributed by atoms with Crippen LogP contribution in [0.2, 0.25) is 0 Å². The molecule has 1 unspecified atom stereocenters. The van der Waals surface area contributed by atoms with Crippen LogP contribution in [0.5, 0.6) is 0 Å². The van der Waals surface area contributed by atoms with Crippen molar-refractivity contribution in [2.75, 3.05) is 13.2 Å². The Morgan fingerprint density at radius 2 is 2.00 bits per heavy atom. The van der Waals surface area contributed by atoms with Gasteiger partial charge in [0, 0.05) is 12.2 Å². The van der Waals surface area contributed by atoms with Gasteiger partial charge in [0.05, 0.1) is 6.61 Å². The molecule has 1 atom stereocenters. The molecule has 3 nitrogen and oxygen atoms in total. The highest BCUT2D eigenvalue weighted by Crippen LogP contribution is 2.22. The summed E-state index contributed by atoms with van der Waals surface area (Å²) in [5.41, 5.74) is 7.15. The quantitative estimate of drug-likeness (QED) is 0.813. The summed E-state index contributed by atoms with van der Waals surface area (Å²) in [6.07, 6.45) is 0.609. The zero-order chi connectivity index (χ0) is 12.5. The number of ether oxygens (including phenoxy) is 1. The molecule has 1 aromatic rings. The minimum atomic E-state index is -0.820. The molecule has 0 aliphatic carbocycles. The molecule has 1 aliphatic rings. The monoisotopic (exact) mass is 233 g/mol. The molecule has 0 bridgehead atoms. The fourth-order valence-electron chi connectivity index (χ4n) is 2.07. The number of rotatable bonds is 3. The third-order valence-electron chi connectivity index (χ3n) is 3.34. The van der Waals surface area contributed by atoms with Crippen LogP contribution in [0.3, 0.4) is 0 Å². The lowest BCUT2D eigenvalue weighted by atomic mass is 9.89. The SMILES string of the molecule is CC(C)c1ccc(C(=O)C2(N)CCOC2)cc1. The van der Waals surface area contributed by atoms with Crippen molar-refractivity contribution >= 4 is 5.78 Å². The van der Waals surface area contributed by atoms with E-state index in [1.54, 1.807) is 0 Å². The third-order valence-corrected chi connectivity index (χ3v) is 3.34. The summed E-state index contributed by atoms with van der Waals surface area (Å²) in [6, 6.07) is 7.73. The van der Waals surface area contributed by atoms with E-state index >= 15 is 0 Å². The van der Waals surface area contributed by atoms with Gasteiger partial charge in [-0.05, 0) is 17.9 Å². The van der Waals surface area contributed by atoms with Crippen molar-refractivity contribution in [1.82, 2.24) is 0 Å². The molecule has 1 saturated heterocycles. The van der Waals surface area contributed by atoms with E-state index in [0.717, 1.165) is 0 Å². The maximum atomic E-state index is 12.2. The number of hydrogen-bond donors (Lipinski definition) is 1. The average molecular weight is 233 g/mol. The normalized spacial score (nSPS) is 24.2. The summed E-state index contributed by atoms with van der Waals surface area (Å²) in [4.78, 5) is 12.2. The van der Waals surface area contributed by atoms with E-state index < -0.39 is 5.54 Å². The molecular weight excluding hydrogens is 214 g/mol. The van der Waals surface area contributed by atoms with Crippen LogP contribution in [0.25, 0.3) is 0 Å². The number of Topliss-reactive ketones (excluding diaryl/α,β-unsaturated/α-hetero) is 1. The van der Waals surface area contributed by atoms with E-state index in [-0.39, 0.29) is 5.78 Å². The highest BCUT2D eigenvalue weighted by atomic mass is 16.5.